The fraction of sp³-hybridized carbons (Fsp3) is 0.533. The highest BCUT2D eigenvalue weighted by atomic mass is 19.4. The summed E-state index contributed by atoms with van der Waals surface area (Å²) < 4.78 is 46.0. The zero-order valence-electron chi connectivity index (χ0n) is 12.3. The SMILES string of the molecule is Cc1ccc(N[C@]2(C(F)(F)F)OC(=O)[C@H]3CCCN32)c(C)c1. The Morgan fingerprint density at radius 1 is 1.36 bits per heavy atom. The molecule has 0 unspecified atom stereocenters. The van der Waals surface area contributed by atoms with E-state index in [0.717, 1.165) is 10.5 Å². The van der Waals surface area contributed by atoms with Gasteiger partial charge >= 0.3 is 18.0 Å². The Hall–Kier alpha value is -1.76. The Bertz CT molecular complexity index is 617. The van der Waals surface area contributed by atoms with E-state index in [1.807, 2.05) is 6.92 Å². The van der Waals surface area contributed by atoms with Gasteiger partial charge in [0.25, 0.3) is 0 Å². The average molecular weight is 314 g/mol. The second-order valence-corrected chi connectivity index (χ2v) is 5.86. The molecule has 1 aromatic rings. The lowest BCUT2D eigenvalue weighted by molar-refractivity contribution is -0.286. The van der Waals surface area contributed by atoms with Crippen LogP contribution in [0.15, 0.2) is 18.2 Å². The first kappa shape index (κ1) is 15.1. The van der Waals surface area contributed by atoms with Crippen LogP contribution in [-0.2, 0) is 9.53 Å². The Balaban J connectivity index is 2.03. The molecule has 2 aliphatic rings. The van der Waals surface area contributed by atoms with Crippen LogP contribution in [0.1, 0.15) is 24.0 Å². The van der Waals surface area contributed by atoms with E-state index in [1.54, 1.807) is 25.1 Å². The highest BCUT2D eigenvalue weighted by Crippen LogP contribution is 2.46. The van der Waals surface area contributed by atoms with Crippen molar-refractivity contribution in [1.82, 2.24) is 4.90 Å². The minimum Gasteiger partial charge on any atom is -0.414 e. The van der Waals surface area contributed by atoms with Crippen LogP contribution in [0, 0.1) is 13.8 Å². The van der Waals surface area contributed by atoms with Gasteiger partial charge in [-0.15, -0.1) is 0 Å². The number of aryl methyl sites for hydroxylation is 2. The monoisotopic (exact) mass is 314 g/mol. The van der Waals surface area contributed by atoms with Gasteiger partial charge in [-0.1, -0.05) is 17.7 Å². The number of hydrogen-bond acceptors (Lipinski definition) is 4. The molecule has 0 bridgehead atoms. The fourth-order valence-electron chi connectivity index (χ4n) is 3.19. The summed E-state index contributed by atoms with van der Waals surface area (Å²) in [6.45, 7) is 3.76. The second kappa shape index (κ2) is 4.87. The van der Waals surface area contributed by atoms with Gasteiger partial charge in [-0.2, -0.15) is 13.2 Å². The lowest BCUT2D eigenvalue weighted by atomic mass is 10.1. The minimum atomic E-state index is -4.74. The summed E-state index contributed by atoms with van der Waals surface area (Å²) in [5.41, 5.74) is 1.93. The number of nitrogens with one attached hydrogen (secondary N) is 1. The number of anilines is 1. The number of halogens is 3. The van der Waals surface area contributed by atoms with Crippen molar-refractivity contribution in [1.29, 1.82) is 0 Å². The van der Waals surface area contributed by atoms with Gasteiger partial charge in [0.15, 0.2) is 0 Å². The highest BCUT2D eigenvalue weighted by Gasteiger charge is 2.70. The van der Waals surface area contributed by atoms with Crippen molar-refractivity contribution in [2.75, 3.05) is 11.9 Å². The van der Waals surface area contributed by atoms with Gasteiger partial charge in [0, 0.05) is 12.2 Å². The number of alkyl halides is 3. The van der Waals surface area contributed by atoms with Crippen molar-refractivity contribution in [3.8, 4) is 0 Å². The van der Waals surface area contributed by atoms with E-state index in [4.69, 9.17) is 4.74 Å². The van der Waals surface area contributed by atoms with E-state index in [2.05, 4.69) is 5.32 Å². The van der Waals surface area contributed by atoms with Crippen molar-refractivity contribution in [2.45, 2.75) is 44.8 Å². The van der Waals surface area contributed by atoms with Crippen LogP contribution in [0.4, 0.5) is 18.9 Å². The van der Waals surface area contributed by atoms with Gasteiger partial charge in [-0.3, -0.25) is 4.79 Å². The third kappa shape index (κ3) is 2.15. The first-order valence-electron chi connectivity index (χ1n) is 7.16. The molecule has 2 heterocycles. The lowest BCUT2D eigenvalue weighted by Crippen LogP contribution is -2.62. The number of fused-ring (bicyclic) bond motifs is 1. The summed E-state index contributed by atoms with van der Waals surface area (Å²) in [5.74, 6) is -3.59. The molecule has 2 saturated heterocycles. The van der Waals surface area contributed by atoms with Crippen molar-refractivity contribution < 1.29 is 22.7 Å². The third-order valence-corrected chi connectivity index (χ3v) is 4.25. The minimum absolute atomic E-state index is 0.174. The molecule has 0 aromatic heterocycles. The molecule has 0 saturated carbocycles. The molecule has 2 atom stereocenters. The lowest BCUT2D eigenvalue weighted by Gasteiger charge is -2.37. The summed E-state index contributed by atoms with van der Waals surface area (Å²) >= 11 is 0. The largest absolute Gasteiger partial charge is 0.465 e. The summed E-state index contributed by atoms with van der Waals surface area (Å²) in [7, 11) is 0. The molecule has 0 amide bonds. The van der Waals surface area contributed by atoms with E-state index < -0.39 is 24.0 Å². The number of carbonyl (C=O) groups is 1. The fourth-order valence-corrected chi connectivity index (χ4v) is 3.19. The van der Waals surface area contributed by atoms with E-state index >= 15 is 0 Å². The topological polar surface area (TPSA) is 41.6 Å². The van der Waals surface area contributed by atoms with Crippen LogP contribution < -0.4 is 5.32 Å². The van der Waals surface area contributed by atoms with Gasteiger partial charge in [-0.05, 0) is 38.3 Å². The molecule has 2 fully saturated rings. The predicted molar refractivity (Wildman–Crippen MR) is 74.1 cm³/mol. The van der Waals surface area contributed by atoms with Gasteiger partial charge in [0.05, 0.1) is 0 Å². The molecule has 0 aliphatic carbocycles. The Labute approximate surface area is 126 Å². The number of carbonyl (C=O) groups excluding carboxylic acids is 1. The summed E-state index contributed by atoms with van der Waals surface area (Å²) in [6, 6.07) is 4.26. The molecule has 3 rings (SSSR count). The maximum atomic E-state index is 13.7. The standard InChI is InChI=1S/C15H17F3N2O2/c1-9-5-6-11(10(2)8-9)19-15(14(16,17)18)20-7-3-4-12(20)13(21)22-15/h5-6,8,12,19H,3-4,7H2,1-2H3/t12-,15+/m1/s1. The summed E-state index contributed by atoms with van der Waals surface area (Å²) in [5, 5.41) is 2.45. The number of benzene rings is 1. The third-order valence-electron chi connectivity index (χ3n) is 4.25. The van der Waals surface area contributed by atoms with E-state index in [9.17, 15) is 18.0 Å². The number of rotatable bonds is 2. The summed E-state index contributed by atoms with van der Waals surface area (Å²) in [4.78, 5) is 12.9. The van der Waals surface area contributed by atoms with Gasteiger partial charge in [0.2, 0.25) is 0 Å². The number of cyclic esters (lactones) is 1. The quantitative estimate of drug-likeness (QED) is 0.852. The molecule has 0 spiro atoms. The van der Waals surface area contributed by atoms with Gasteiger partial charge in [-0.25, -0.2) is 4.90 Å². The van der Waals surface area contributed by atoms with Crippen LogP contribution in [0.3, 0.4) is 0 Å². The predicted octanol–water partition coefficient (Wildman–Crippen LogP) is 2.95. The maximum Gasteiger partial charge on any atom is 0.465 e. The maximum absolute atomic E-state index is 13.7. The molecule has 1 N–H and O–H groups in total. The highest BCUT2D eigenvalue weighted by molar-refractivity contribution is 5.79. The van der Waals surface area contributed by atoms with Crippen LogP contribution >= 0.6 is 0 Å². The number of esters is 1. The Morgan fingerprint density at radius 3 is 2.73 bits per heavy atom. The number of ether oxygens (including phenoxy) is 1. The molecule has 120 valence electrons. The zero-order chi connectivity index (χ0) is 16.1. The number of hydrogen-bond donors (Lipinski definition) is 1. The normalized spacial score (nSPS) is 28.6. The Morgan fingerprint density at radius 2 is 2.09 bits per heavy atom. The number of nitrogens with zero attached hydrogens (tertiary/aromatic N) is 1. The molecular weight excluding hydrogens is 297 g/mol. The van der Waals surface area contributed by atoms with Crippen LogP contribution in [0.25, 0.3) is 0 Å². The second-order valence-electron chi connectivity index (χ2n) is 5.86. The molecule has 2 aliphatic heterocycles. The molecule has 22 heavy (non-hydrogen) atoms. The smallest absolute Gasteiger partial charge is 0.414 e. The van der Waals surface area contributed by atoms with E-state index in [-0.39, 0.29) is 6.54 Å². The van der Waals surface area contributed by atoms with Crippen molar-refractivity contribution in [3.05, 3.63) is 29.3 Å². The van der Waals surface area contributed by atoms with E-state index in [0.29, 0.717) is 24.1 Å². The first-order chi connectivity index (χ1) is 10.2. The van der Waals surface area contributed by atoms with Gasteiger partial charge < -0.3 is 10.1 Å². The van der Waals surface area contributed by atoms with E-state index in [1.165, 1.54) is 0 Å². The van der Waals surface area contributed by atoms with Gasteiger partial charge in [0.1, 0.15) is 6.04 Å². The summed E-state index contributed by atoms with van der Waals surface area (Å²) in [6.07, 6.45) is -3.80. The first-order valence-corrected chi connectivity index (χ1v) is 7.16. The van der Waals surface area contributed by atoms with Crippen LogP contribution in [0.5, 0.6) is 0 Å². The zero-order valence-corrected chi connectivity index (χ0v) is 12.3. The van der Waals surface area contributed by atoms with Crippen molar-refractivity contribution >= 4 is 11.7 Å². The molecular formula is C15H17F3N2O2. The van der Waals surface area contributed by atoms with Crippen LogP contribution in [-0.4, -0.2) is 35.5 Å². The molecule has 7 heteroatoms. The van der Waals surface area contributed by atoms with Crippen molar-refractivity contribution in [3.63, 3.8) is 0 Å². The van der Waals surface area contributed by atoms with Crippen LogP contribution in [0.2, 0.25) is 0 Å². The van der Waals surface area contributed by atoms with Crippen molar-refractivity contribution in [2.24, 2.45) is 0 Å². The molecule has 0 radical (unpaired) electrons. The molecule has 4 nitrogen and oxygen atoms in total. The molecule has 1 aromatic carbocycles. The average Bonchev–Trinajstić information content (AvgIpc) is 2.97. The Kier molecular flexibility index (Phi) is 3.36.